The molecule has 1 aromatic carbocycles. The van der Waals surface area contributed by atoms with Crippen molar-refractivity contribution in [1.82, 2.24) is 5.32 Å². The van der Waals surface area contributed by atoms with E-state index in [9.17, 15) is 5.11 Å². The number of aliphatic hydroxyl groups excluding tert-OH is 1. The van der Waals surface area contributed by atoms with Crippen LogP contribution in [0.15, 0.2) is 24.3 Å². The Morgan fingerprint density at radius 1 is 1.33 bits per heavy atom. The SMILES string of the molecule is N#Cc1ccc(OCC(O)CNCCOCC2CC2)cc1. The molecular weight excluding hydrogens is 268 g/mol. The summed E-state index contributed by atoms with van der Waals surface area (Å²) in [5.74, 6) is 1.44. The number of hydrogen-bond donors (Lipinski definition) is 2. The minimum absolute atomic E-state index is 0.224. The lowest BCUT2D eigenvalue weighted by atomic mass is 10.2. The Kier molecular flexibility index (Phi) is 6.48. The zero-order chi connectivity index (χ0) is 14.9. The summed E-state index contributed by atoms with van der Waals surface area (Å²) in [5, 5.41) is 21.6. The van der Waals surface area contributed by atoms with Crippen LogP contribution < -0.4 is 10.1 Å². The predicted octanol–water partition coefficient (Wildman–Crippen LogP) is 1.31. The molecule has 0 amide bonds. The largest absolute Gasteiger partial charge is 0.491 e. The molecule has 1 aliphatic rings. The van der Waals surface area contributed by atoms with Crippen LogP contribution in [0.4, 0.5) is 0 Å². The molecule has 1 aliphatic carbocycles. The van der Waals surface area contributed by atoms with Crippen molar-refractivity contribution in [2.75, 3.05) is 32.9 Å². The highest BCUT2D eigenvalue weighted by Gasteiger charge is 2.20. The highest BCUT2D eigenvalue weighted by atomic mass is 16.5. The molecule has 0 aromatic heterocycles. The van der Waals surface area contributed by atoms with Crippen LogP contribution >= 0.6 is 0 Å². The van der Waals surface area contributed by atoms with Gasteiger partial charge < -0.3 is 19.9 Å². The highest BCUT2D eigenvalue weighted by molar-refractivity contribution is 5.34. The van der Waals surface area contributed by atoms with E-state index in [1.807, 2.05) is 6.07 Å². The van der Waals surface area contributed by atoms with E-state index in [0.29, 0.717) is 24.5 Å². The maximum absolute atomic E-state index is 9.79. The van der Waals surface area contributed by atoms with Gasteiger partial charge in [0.15, 0.2) is 0 Å². The summed E-state index contributed by atoms with van der Waals surface area (Å²) in [6.45, 7) is 2.98. The highest BCUT2D eigenvalue weighted by Crippen LogP contribution is 2.28. The zero-order valence-electron chi connectivity index (χ0n) is 12.1. The molecule has 114 valence electrons. The smallest absolute Gasteiger partial charge is 0.119 e. The van der Waals surface area contributed by atoms with Crippen LogP contribution in [0.5, 0.6) is 5.75 Å². The topological polar surface area (TPSA) is 74.5 Å². The zero-order valence-corrected chi connectivity index (χ0v) is 12.1. The lowest BCUT2D eigenvalue weighted by Gasteiger charge is -2.13. The quantitative estimate of drug-likeness (QED) is 0.636. The number of aliphatic hydroxyl groups is 1. The van der Waals surface area contributed by atoms with Crippen LogP contribution in [0.1, 0.15) is 18.4 Å². The molecule has 1 unspecified atom stereocenters. The Morgan fingerprint density at radius 3 is 2.76 bits per heavy atom. The summed E-state index contributed by atoms with van der Waals surface area (Å²) < 4.78 is 10.9. The number of nitrogens with zero attached hydrogens (tertiary/aromatic N) is 1. The van der Waals surface area contributed by atoms with Crippen molar-refractivity contribution in [2.24, 2.45) is 5.92 Å². The van der Waals surface area contributed by atoms with Crippen LogP contribution in [0, 0.1) is 17.2 Å². The molecule has 0 spiro atoms. The van der Waals surface area contributed by atoms with Crippen LogP contribution in [-0.4, -0.2) is 44.1 Å². The molecule has 2 rings (SSSR count). The van der Waals surface area contributed by atoms with Gasteiger partial charge in [-0.3, -0.25) is 0 Å². The summed E-state index contributed by atoms with van der Waals surface area (Å²) in [6.07, 6.45) is 2.04. The van der Waals surface area contributed by atoms with Gasteiger partial charge in [0.1, 0.15) is 18.5 Å². The lowest BCUT2D eigenvalue weighted by molar-refractivity contribution is 0.0967. The van der Waals surface area contributed by atoms with Crippen molar-refractivity contribution >= 4 is 0 Å². The van der Waals surface area contributed by atoms with Gasteiger partial charge in [-0.15, -0.1) is 0 Å². The molecule has 0 radical (unpaired) electrons. The summed E-state index contributed by atoms with van der Waals surface area (Å²) in [6, 6.07) is 8.88. The molecule has 1 atom stereocenters. The first kappa shape index (κ1) is 15.8. The van der Waals surface area contributed by atoms with Crippen molar-refractivity contribution < 1.29 is 14.6 Å². The van der Waals surface area contributed by atoms with Crippen molar-refractivity contribution in [3.63, 3.8) is 0 Å². The molecule has 0 saturated heterocycles. The lowest BCUT2D eigenvalue weighted by Crippen LogP contribution is -2.33. The van der Waals surface area contributed by atoms with E-state index in [0.717, 1.165) is 19.1 Å². The van der Waals surface area contributed by atoms with Gasteiger partial charge in [0.05, 0.1) is 18.2 Å². The third-order valence-corrected chi connectivity index (χ3v) is 3.28. The summed E-state index contributed by atoms with van der Waals surface area (Å²) in [4.78, 5) is 0. The molecule has 0 aliphatic heterocycles. The van der Waals surface area contributed by atoms with Gasteiger partial charge in [-0.05, 0) is 43.0 Å². The average Bonchev–Trinajstić information content (AvgIpc) is 3.33. The van der Waals surface area contributed by atoms with Gasteiger partial charge in [-0.2, -0.15) is 5.26 Å². The standard InChI is InChI=1S/C16H22N2O3/c17-9-13-3-5-16(6-4-13)21-12-15(19)10-18-7-8-20-11-14-1-2-14/h3-6,14-15,18-19H,1-2,7-8,10-12H2. The number of benzene rings is 1. The minimum atomic E-state index is -0.566. The molecule has 1 fully saturated rings. The second kappa shape index (κ2) is 8.63. The first-order valence-corrected chi connectivity index (χ1v) is 7.37. The van der Waals surface area contributed by atoms with Gasteiger partial charge in [0.2, 0.25) is 0 Å². The van der Waals surface area contributed by atoms with Crippen molar-refractivity contribution in [2.45, 2.75) is 18.9 Å². The monoisotopic (exact) mass is 290 g/mol. The van der Waals surface area contributed by atoms with E-state index in [1.54, 1.807) is 24.3 Å². The van der Waals surface area contributed by atoms with Gasteiger partial charge in [0, 0.05) is 19.7 Å². The third kappa shape index (κ3) is 6.58. The second-order valence-corrected chi connectivity index (χ2v) is 5.32. The number of nitrogens with one attached hydrogen (secondary N) is 1. The number of nitriles is 1. The third-order valence-electron chi connectivity index (χ3n) is 3.28. The Hall–Kier alpha value is -1.61. The number of rotatable bonds is 10. The van der Waals surface area contributed by atoms with Crippen LogP contribution in [0.2, 0.25) is 0 Å². The van der Waals surface area contributed by atoms with E-state index < -0.39 is 6.10 Å². The van der Waals surface area contributed by atoms with E-state index in [1.165, 1.54) is 12.8 Å². The van der Waals surface area contributed by atoms with E-state index in [-0.39, 0.29) is 6.61 Å². The first-order valence-electron chi connectivity index (χ1n) is 7.37. The Balaban J connectivity index is 1.50. The molecule has 0 bridgehead atoms. The fourth-order valence-electron chi connectivity index (χ4n) is 1.82. The number of ether oxygens (including phenoxy) is 2. The predicted molar refractivity (Wildman–Crippen MR) is 79.1 cm³/mol. The Labute approximate surface area is 125 Å². The summed E-state index contributed by atoms with van der Waals surface area (Å²) in [7, 11) is 0. The fraction of sp³-hybridized carbons (Fsp3) is 0.562. The van der Waals surface area contributed by atoms with Gasteiger partial charge in [-0.25, -0.2) is 0 Å². The molecule has 2 N–H and O–H groups in total. The normalized spacial score (nSPS) is 15.4. The molecular formula is C16H22N2O3. The van der Waals surface area contributed by atoms with Crippen LogP contribution in [-0.2, 0) is 4.74 Å². The first-order chi connectivity index (χ1) is 10.3. The van der Waals surface area contributed by atoms with Crippen LogP contribution in [0.3, 0.4) is 0 Å². The average molecular weight is 290 g/mol. The molecule has 21 heavy (non-hydrogen) atoms. The van der Waals surface area contributed by atoms with Crippen molar-refractivity contribution in [3.8, 4) is 11.8 Å². The van der Waals surface area contributed by atoms with E-state index >= 15 is 0 Å². The van der Waals surface area contributed by atoms with Crippen LogP contribution in [0.25, 0.3) is 0 Å². The molecule has 1 aromatic rings. The van der Waals surface area contributed by atoms with Gasteiger partial charge >= 0.3 is 0 Å². The summed E-state index contributed by atoms with van der Waals surface area (Å²) >= 11 is 0. The Morgan fingerprint density at radius 2 is 2.10 bits per heavy atom. The molecule has 5 nitrogen and oxygen atoms in total. The maximum Gasteiger partial charge on any atom is 0.119 e. The van der Waals surface area contributed by atoms with E-state index in [2.05, 4.69) is 5.32 Å². The minimum Gasteiger partial charge on any atom is -0.491 e. The van der Waals surface area contributed by atoms with Gasteiger partial charge in [-0.1, -0.05) is 0 Å². The molecule has 1 saturated carbocycles. The molecule has 5 heteroatoms. The van der Waals surface area contributed by atoms with E-state index in [4.69, 9.17) is 14.7 Å². The van der Waals surface area contributed by atoms with Gasteiger partial charge in [0.25, 0.3) is 0 Å². The van der Waals surface area contributed by atoms with Crippen molar-refractivity contribution in [1.29, 1.82) is 5.26 Å². The fourth-order valence-corrected chi connectivity index (χ4v) is 1.82. The maximum atomic E-state index is 9.79. The molecule has 0 heterocycles. The Bertz CT molecular complexity index is 452. The number of hydrogen-bond acceptors (Lipinski definition) is 5. The second-order valence-electron chi connectivity index (χ2n) is 5.32. The summed E-state index contributed by atoms with van der Waals surface area (Å²) in [5.41, 5.74) is 0.593. The van der Waals surface area contributed by atoms with Crippen molar-refractivity contribution in [3.05, 3.63) is 29.8 Å².